The number of anilines is 1. The molecule has 34 heavy (non-hydrogen) atoms. The number of amides is 1. The highest BCUT2D eigenvalue weighted by atomic mass is 35.5. The summed E-state index contributed by atoms with van der Waals surface area (Å²) in [6, 6.07) is 14.1. The van der Waals surface area contributed by atoms with Crippen LogP contribution in [0.5, 0.6) is 0 Å². The minimum Gasteiger partial charge on any atom is -0.452 e. The molecule has 0 unspecified atom stereocenters. The van der Waals surface area contributed by atoms with Gasteiger partial charge in [-0.1, -0.05) is 48.0 Å². The van der Waals surface area contributed by atoms with E-state index in [0.717, 1.165) is 12.1 Å². The van der Waals surface area contributed by atoms with Crippen molar-refractivity contribution in [3.05, 3.63) is 93.5 Å². The smallest absolute Gasteiger partial charge is 0.338 e. The van der Waals surface area contributed by atoms with Crippen molar-refractivity contribution in [2.75, 3.05) is 11.9 Å². The largest absolute Gasteiger partial charge is 0.452 e. The van der Waals surface area contributed by atoms with Crippen LogP contribution in [0.2, 0.25) is 5.02 Å². The zero-order chi connectivity index (χ0) is 24.6. The van der Waals surface area contributed by atoms with Gasteiger partial charge in [0.15, 0.2) is 18.2 Å². The highest BCUT2D eigenvalue weighted by Gasteiger charge is 2.31. The molecule has 0 atom stereocenters. The number of rotatable bonds is 5. The molecule has 0 spiro atoms. The maximum atomic E-state index is 13.0. The summed E-state index contributed by atoms with van der Waals surface area (Å²) >= 11 is 5.79. The maximum Gasteiger partial charge on any atom is 0.338 e. The molecule has 11 heteroatoms. The van der Waals surface area contributed by atoms with Crippen molar-refractivity contribution in [3.8, 4) is 0 Å². The Bertz CT molecular complexity index is 1500. The molecule has 0 aliphatic heterocycles. The Hall–Kier alpha value is -3.86. The third-order valence-corrected chi connectivity index (χ3v) is 6.43. The number of carbonyl (C=O) groups is 4. The molecule has 172 valence electrons. The normalized spacial score (nSPS) is 12.5. The minimum atomic E-state index is -4.18. The topological polar surface area (TPSA) is 150 Å². The van der Waals surface area contributed by atoms with E-state index in [4.69, 9.17) is 21.5 Å². The van der Waals surface area contributed by atoms with Crippen molar-refractivity contribution in [2.24, 2.45) is 5.14 Å². The lowest BCUT2D eigenvalue weighted by atomic mass is 9.83. The van der Waals surface area contributed by atoms with Crippen molar-refractivity contribution in [1.82, 2.24) is 0 Å². The standard InChI is InChI=1S/C23H15ClN2O7S/c24-16-9-8-12(10-18(16)34(25,31)32)23(30)33-11-19(27)26-17-7-3-6-15-20(17)22(29)14-5-2-1-4-13(14)21(15)28/h1-10H,11H2,(H,26,27)(H2,25,31,32). The number of carbonyl (C=O) groups excluding carboxylic acids is 4. The van der Waals surface area contributed by atoms with E-state index in [9.17, 15) is 27.6 Å². The van der Waals surface area contributed by atoms with Crippen LogP contribution in [-0.2, 0) is 19.6 Å². The first-order chi connectivity index (χ1) is 16.1. The van der Waals surface area contributed by atoms with Gasteiger partial charge in [0.25, 0.3) is 5.91 Å². The van der Waals surface area contributed by atoms with E-state index < -0.39 is 39.2 Å². The third-order valence-electron chi connectivity index (χ3n) is 5.03. The fraction of sp³-hybridized carbons (Fsp3) is 0.0435. The molecule has 0 saturated heterocycles. The fourth-order valence-electron chi connectivity index (χ4n) is 3.50. The Morgan fingerprint density at radius 3 is 2.24 bits per heavy atom. The fourth-order valence-corrected chi connectivity index (χ4v) is 4.57. The summed E-state index contributed by atoms with van der Waals surface area (Å²) in [4.78, 5) is 50.0. The molecule has 3 aromatic rings. The van der Waals surface area contributed by atoms with Crippen LogP contribution >= 0.6 is 11.6 Å². The van der Waals surface area contributed by atoms with Crippen LogP contribution in [0.1, 0.15) is 42.2 Å². The van der Waals surface area contributed by atoms with E-state index in [0.29, 0.717) is 0 Å². The molecular weight excluding hydrogens is 484 g/mol. The van der Waals surface area contributed by atoms with E-state index in [2.05, 4.69) is 5.32 Å². The van der Waals surface area contributed by atoms with Crippen LogP contribution in [0.15, 0.2) is 65.6 Å². The van der Waals surface area contributed by atoms with E-state index in [1.165, 1.54) is 30.3 Å². The predicted octanol–water partition coefficient (Wildman–Crippen LogP) is 2.56. The zero-order valence-corrected chi connectivity index (χ0v) is 18.8. The molecule has 1 amide bonds. The van der Waals surface area contributed by atoms with E-state index in [1.807, 2.05) is 0 Å². The summed E-state index contributed by atoms with van der Waals surface area (Å²) in [6.07, 6.45) is 0. The number of ether oxygens (including phenoxy) is 1. The van der Waals surface area contributed by atoms with Gasteiger partial charge in [0.05, 0.1) is 21.8 Å². The number of hydrogen-bond donors (Lipinski definition) is 2. The quantitative estimate of drug-likeness (QED) is 0.401. The van der Waals surface area contributed by atoms with Crippen molar-refractivity contribution >= 4 is 50.8 Å². The van der Waals surface area contributed by atoms with Gasteiger partial charge in [-0.25, -0.2) is 18.4 Å². The number of ketones is 2. The number of benzene rings is 3. The lowest BCUT2D eigenvalue weighted by Gasteiger charge is -2.20. The summed E-state index contributed by atoms with van der Waals surface area (Å²) in [7, 11) is -4.18. The van der Waals surface area contributed by atoms with E-state index >= 15 is 0 Å². The van der Waals surface area contributed by atoms with Gasteiger partial charge in [-0.2, -0.15) is 0 Å². The van der Waals surface area contributed by atoms with Crippen LogP contribution in [0.25, 0.3) is 0 Å². The number of nitrogens with two attached hydrogens (primary N) is 1. The number of esters is 1. The van der Waals surface area contributed by atoms with Gasteiger partial charge in [-0.3, -0.25) is 14.4 Å². The minimum absolute atomic E-state index is 0.0429. The van der Waals surface area contributed by atoms with Gasteiger partial charge < -0.3 is 10.1 Å². The number of halogens is 1. The summed E-state index contributed by atoms with van der Waals surface area (Å²) in [5.41, 5.74) is 0.599. The summed E-state index contributed by atoms with van der Waals surface area (Å²) < 4.78 is 28.1. The van der Waals surface area contributed by atoms with Gasteiger partial charge in [0.2, 0.25) is 10.0 Å². The summed E-state index contributed by atoms with van der Waals surface area (Å²) in [5, 5.41) is 7.36. The van der Waals surface area contributed by atoms with Crippen LogP contribution in [-0.4, -0.2) is 38.5 Å². The first kappa shape index (κ1) is 23.3. The Labute approximate surface area is 198 Å². The molecule has 0 saturated carbocycles. The second-order valence-corrected chi connectivity index (χ2v) is 9.18. The molecule has 1 aliphatic rings. The Kier molecular flexibility index (Phi) is 6.05. The molecule has 3 aromatic carbocycles. The van der Waals surface area contributed by atoms with Gasteiger partial charge in [0, 0.05) is 16.7 Å². The van der Waals surface area contributed by atoms with Crippen molar-refractivity contribution in [3.63, 3.8) is 0 Å². The van der Waals surface area contributed by atoms with Crippen molar-refractivity contribution in [1.29, 1.82) is 0 Å². The highest BCUT2D eigenvalue weighted by Crippen LogP contribution is 2.32. The number of nitrogens with one attached hydrogen (secondary N) is 1. The van der Waals surface area contributed by atoms with Gasteiger partial charge in [-0.05, 0) is 24.3 Å². The SMILES string of the molecule is NS(=O)(=O)c1cc(C(=O)OCC(=O)Nc2cccc3c2C(=O)c2ccccc2C3=O)ccc1Cl. The van der Waals surface area contributed by atoms with Gasteiger partial charge >= 0.3 is 5.97 Å². The van der Waals surface area contributed by atoms with Crippen LogP contribution in [0.3, 0.4) is 0 Å². The Morgan fingerprint density at radius 1 is 0.912 bits per heavy atom. The van der Waals surface area contributed by atoms with E-state index in [-0.39, 0.29) is 44.3 Å². The number of fused-ring (bicyclic) bond motifs is 2. The summed E-state index contributed by atoms with van der Waals surface area (Å²) in [6.45, 7) is -0.742. The third kappa shape index (κ3) is 4.34. The monoisotopic (exact) mass is 498 g/mol. The first-order valence-electron chi connectivity index (χ1n) is 9.68. The van der Waals surface area contributed by atoms with Gasteiger partial charge in [-0.15, -0.1) is 0 Å². The van der Waals surface area contributed by atoms with Gasteiger partial charge in [0.1, 0.15) is 4.90 Å². The molecule has 0 aromatic heterocycles. The van der Waals surface area contributed by atoms with E-state index in [1.54, 1.807) is 18.2 Å². The second-order valence-electron chi connectivity index (χ2n) is 7.25. The van der Waals surface area contributed by atoms with Crippen molar-refractivity contribution in [2.45, 2.75) is 4.90 Å². The Morgan fingerprint density at radius 2 is 1.56 bits per heavy atom. The molecular formula is C23H15ClN2O7S. The molecule has 3 N–H and O–H groups in total. The van der Waals surface area contributed by atoms with Crippen LogP contribution in [0.4, 0.5) is 5.69 Å². The van der Waals surface area contributed by atoms with Crippen LogP contribution < -0.4 is 10.5 Å². The molecule has 1 aliphatic carbocycles. The average Bonchev–Trinajstić information content (AvgIpc) is 2.80. The second kappa shape index (κ2) is 8.82. The average molecular weight is 499 g/mol. The predicted molar refractivity (Wildman–Crippen MR) is 121 cm³/mol. The van der Waals surface area contributed by atoms with Crippen molar-refractivity contribution < 1.29 is 32.3 Å². The summed E-state index contributed by atoms with van der Waals surface area (Å²) in [5.74, 6) is -2.54. The maximum absolute atomic E-state index is 13.0. The van der Waals surface area contributed by atoms with Crippen LogP contribution in [0, 0.1) is 0 Å². The molecule has 0 heterocycles. The molecule has 4 rings (SSSR count). The Balaban J connectivity index is 1.51. The molecule has 0 bridgehead atoms. The molecule has 0 radical (unpaired) electrons. The zero-order valence-electron chi connectivity index (χ0n) is 17.2. The first-order valence-corrected chi connectivity index (χ1v) is 11.6. The number of hydrogen-bond acceptors (Lipinski definition) is 7. The molecule has 0 fully saturated rings. The lowest BCUT2D eigenvalue weighted by Crippen LogP contribution is -2.26. The number of sulfonamides is 1. The number of primary sulfonamides is 1. The highest BCUT2D eigenvalue weighted by molar-refractivity contribution is 7.89. The molecule has 9 nitrogen and oxygen atoms in total. The lowest BCUT2D eigenvalue weighted by molar-refractivity contribution is -0.119.